The molecule has 0 atom stereocenters. The van der Waals surface area contributed by atoms with Crippen LogP contribution in [0.1, 0.15) is 16.7 Å². The van der Waals surface area contributed by atoms with Gasteiger partial charge >= 0.3 is 0 Å². The molecule has 0 spiro atoms. The van der Waals surface area contributed by atoms with Gasteiger partial charge in [-0.3, -0.25) is 9.20 Å². The molecule has 0 bridgehead atoms. The summed E-state index contributed by atoms with van der Waals surface area (Å²) in [5.74, 6) is -0.276. The third kappa shape index (κ3) is 3.96. The van der Waals surface area contributed by atoms with Crippen LogP contribution in [0, 0.1) is 31.0 Å². The lowest BCUT2D eigenvalue weighted by atomic mass is 10.1. The van der Waals surface area contributed by atoms with Crippen LogP contribution in [0.15, 0.2) is 54.7 Å². The van der Waals surface area contributed by atoms with Crippen LogP contribution >= 0.6 is 0 Å². The number of benzene rings is 2. The van der Waals surface area contributed by atoms with Crippen molar-refractivity contribution in [3.05, 3.63) is 77.2 Å². The van der Waals surface area contributed by atoms with Gasteiger partial charge < -0.3 is 15.8 Å². The van der Waals surface area contributed by atoms with Crippen LogP contribution < -0.4 is 15.8 Å². The number of hydrogen-bond donors (Lipinski definition) is 2. The number of nitrogens with one attached hydrogen (secondary N) is 1. The Morgan fingerprint density at radius 1 is 1.22 bits per heavy atom. The molecule has 4 rings (SSSR count). The zero-order chi connectivity index (χ0) is 22.8. The van der Waals surface area contributed by atoms with Crippen molar-refractivity contribution >= 4 is 23.1 Å². The van der Waals surface area contributed by atoms with E-state index in [0.29, 0.717) is 28.3 Å². The number of nitriles is 1. The maximum Gasteiger partial charge on any atom is 0.255 e. The number of fused-ring (bicyclic) bond motifs is 1. The zero-order valence-electron chi connectivity index (χ0n) is 17.5. The molecule has 2 heterocycles. The lowest BCUT2D eigenvalue weighted by Crippen LogP contribution is -2.20. The molecule has 32 heavy (non-hydrogen) atoms. The predicted molar refractivity (Wildman–Crippen MR) is 119 cm³/mol. The third-order valence-corrected chi connectivity index (χ3v) is 5.04. The van der Waals surface area contributed by atoms with E-state index in [9.17, 15) is 14.4 Å². The van der Waals surface area contributed by atoms with E-state index in [4.69, 9.17) is 10.5 Å². The molecule has 0 aliphatic rings. The summed E-state index contributed by atoms with van der Waals surface area (Å²) < 4.78 is 21.3. The number of amides is 1. The number of pyridine rings is 1. The molecule has 1 amide bonds. The van der Waals surface area contributed by atoms with Gasteiger partial charge in [-0.05, 0) is 55.3 Å². The Labute approximate surface area is 183 Å². The van der Waals surface area contributed by atoms with Gasteiger partial charge in [0.15, 0.2) is 6.61 Å². The lowest BCUT2D eigenvalue weighted by molar-refractivity contribution is -0.119. The monoisotopic (exact) mass is 429 g/mol. The topological polar surface area (TPSA) is 105 Å². The molecule has 0 radical (unpaired) electrons. The summed E-state index contributed by atoms with van der Waals surface area (Å²) in [5.41, 5.74) is 10.00. The van der Waals surface area contributed by atoms with Crippen LogP contribution in [0.25, 0.3) is 16.9 Å². The Balaban J connectivity index is 1.95. The quantitative estimate of drug-likeness (QED) is 0.477. The number of carbonyl (C=O) groups is 1. The second-order valence-electron chi connectivity index (χ2n) is 7.35. The fraction of sp³-hybridized carbons (Fsp3) is 0.125. The number of primary amides is 1. The number of ether oxygens (including phenoxy) is 1. The number of aryl methyl sites for hydroxylation is 2. The van der Waals surface area contributed by atoms with Gasteiger partial charge in [-0.1, -0.05) is 18.2 Å². The number of hydrogen-bond acceptors (Lipinski definition) is 5. The first-order chi connectivity index (χ1) is 15.4. The van der Waals surface area contributed by atoms with E-state index in [-0.39, 0.29) is 12.4 Å². The molecule has 2 aromatic heterocycles. The summed E-state index contributed by atoms with van der Waals surface area (Å²) >= 11 is 0. The highest BCUT2D eigenvalue weighted by Crippen LogP contribution is 2.38. The molecule has 0 aliphatic heterocycles. The van der Waals surface area contributed by atoms with E-state index in [2.05, 4.69) is 16.4 Å². The molecule has 4 aromatic rings. The van der Waals surface area contributed by atoms with Crippen molar-refractivity contribution in [3.63, 3.8) is 0 Å². The van der Waals surface area contributed by atoms with E-state index in [1.54, 1.807) is 22.6 Å². The average Bonchev–Trinajstić information content (AvgIpc) is 3.11. The second-order valence-corrected chi connectivity index (χ2v) is 7.35. The van der Waals surface area contributed by atoms with E-state index >= 15 is 0 Å². The number of halogens is 1. The van der Waals surface area contributed by atoms with E-state index in [1.165, 1.54) is 18.3 Å². The summed E-state index contributed by atoms with van der Waals surface area (Å²) in [7, 11) is 0. The fourth-order valence-electron chi connectivity index (χ4n) is 3.51. The van der Waals surface area contributed by atoms with Crippen LogP contribution in [0.3, 0.4) is 0 Å². The maximum atomic E-state index is 14.1. The van der Waals surface area contributed by atoms with Gasteiger partial charge in [-0.15, -0.1) is 0 Å². The molecule has 0 aliphatic carbocycles. The maximum absolute atomic E-state index is 14.1. The number of para-hydroxylation sites is 1. The van der Waals surface area contributed by atoms with Crippen LogP contribution in [0.4, 0.5) is 15.9 Å². The smallest absolute Gasteiger partial charge is 0.255 e. The Bertz CT molecular complexity index is 1370. The lowest BCUT2D eigenvalue weighted by Gasteiger charge is -2.15. The first-order valence-electron chi connectivity index (χ1n) is 9.84. The van der Waals surface area contributed by atoms with Gasteiger partial charge in [-0.25, -0.2) is 9.37 Å². The Kier molecular flexibility index (Phi) is 5.48. The van der Waals surface area contributed by atoms with Crippen LogP contribution in [-0.4, -0.2) is 21.9 Å². The SMILES string of the molecule is Cc1cccc(C)c1Nc1c(-c2ccc(C#N)cc2OCC(N)=O)nc2ccc(F)cn12. The molecule has 0 saturated carbocycles. The fourth-order valence-corrected chi connectivity index (χ4v) is 3.51. The number of rotatable bonds is 6. The summed E-state index contributed by atoms with van der Waals surface area (Å²) in [5, 5.41) is 12.7. The number of carbonyl (C=O) groups excluding carboxylic acids is 1. The molecule has 0 unspecified atom stereocenters. The van der Waals surface area contributed by atoms with Crippen LogP contribution in [-0.2, 0) is 4.79 Å². The van der Waals surface area contributed by atoms with Gasteiger partial charge in [0.2, 0.25) is 0 Å². The van der Waals surface area contributed by atoms with Crippen molar-refractivity contribution in [2.75, 3.05) is 11.9 Å². The summed E-state index contributed by atoms with van der Waals surface area (Å²) in [4.78, 5) is 16.0. The number of nitrogens with zero attached hydrogens (tertiary/aromatic N) is 3. The van der Waals surface area contributed by atoms with Gasteiger partial charge in [0.05, 0.1) is 11.6 Å². The number of aromatic nitrogens is 2. The minimum atomic E-state index is -0.649. The van der Waals surface area contributed by atoms with Crippen molar-refractivity contribution in [1.82, 2.24) is 9.38 Å². The third-order valence-electron chi connectivity index (χ3n) is 5.04. The van der Waals surface area contributed by atoms with Crippen LogP contribution in [0.5, 0.6) is 5.75 Å². The Hall–Kier alpha value is -4.38. The van der Waals surface area contributed by atoms with Crippen molar-refractivity contribution in [1.29, 1.82) is 5.26 Å². The number of nitrogens with two attached hydrogens (primary N) is 1. The van der Waals surface area contributed by atoms with Gasteiger partial charge in [0.25, 0.3) is 5.91 Å². The first kappa shape index (κ1) is 20.9. The highest BCUT2D eigenvalue weighted by molar-refractivity contribution is 5.84. The molecule has 8 heteroatoms. The molecular weight excluding hydrogens is 409 g/mol. The van der Waals surface area contributed by atoms with E-state index in [0.717, 1.165) is 16.8 Å². The molecular formula is C24H20FN5O2. The normalized spacial score (nSPS) is 10.7. The van der Waals surface area contributed by atoms with Gasteiger partial charge in [0.1, 0.15) is 28.7 Å². The van der Waals surface area contributed by atoms with Crippen LogP contribution in [0.2, 0.25) is 0 Å². The van der Waals surface area contributed by atoms with Crippen molar-refractivity contribution in [2.45, 2.75) is 13.8 Å². The molecule has 7 nitrogen and oxygen atoms in total. The predicted octanol–water partition coefficient (Wildman–Crippen LogP) is 4.24. The average molecular weight is 429 g/mol. The van der Waals surface area contributed by atoms with Crippen molar-refractivity contribution < 1.29 is 13.9 Å². The minimum absolute atomic E-state index is 0.274. The summed E-state index contributed by atoms with van der Waals surface area (Å²) in [6.07, 6.45) is 1.34. The van der Waals surface area contributed by atoms with E-state index < -0.39 is 11.7 Å². The largest absolute Gasteiger partial charge is 0.483 e. The number of imidazole rings is 1. The second kappa shape index (κ2) is 8.40. The zero-order valence-corrected chi connectivity index (χ0v) is 17.5. The number of anilines is 2. The summed E-state index contributed by atoms with van der Waals surface area (Å²) in [6.45, 7) is 3.59. The first-order valence-corrected chi connectivity index (χ1v) is 9.84. The Morgan fingerprint density at radius 3 is 2.66 bits per heavy atom. The van der Waals surface area contributed by atoms with Crippen molar-refractivity contribution in [3.8, 4) is 23.1 Å². The van der Waals surface area contributed by atoms with E-state index in [1.807, 2.05) is 32.0 Å². The Morgan fingerprint density at radius 2 is 1.97 bits per heavy atom. The molecule has 2 aromatic carbocycles. The molecule has 160 valence electrons. The highest BCUT2D eigenvalue weighted by atomic mass is 19.1. The molecule has 0 fully saturated rings. The molecule has 0 saturated heterocycles. The van der Waals surface area contributed by atoms with Gasteiger partial charge in [-0.2, -0.15) is 5.26 Å². The minimum Gasteiger partial charge on any atom is -0.483 e. The summed E-state index contributed by atoms with van der Waals surface area (Å²) in [6, 6.07) is 15.7. The highest BCUT2D eigenvalue weighted by Gasteiger charge is 2.20. The van der Waals surface area contributed by atoms with Crippen molar-refractivity contribution in [2.24, 2.45) is 5.73 Å². The standard InChI is InChI=1S/C24H20FN5O2/c1-14-4-3-5-15(2)22(14)29-24-23(28-21-9-7-17(25)12-30(21)24)18-8-6-16(11-26)10-19(18)32-13-20(27)31/h3-10,12,29H,13H2,1-2H3,(H2,27,31). The molecule has 3 N–H and O–H groups in total. The van der Waals surface area contributed by atoms with Gasteiger partial charge in [0, 0.05) is 17.4 Å².